The first-order valence-corrected chi connectivity index (χ1v) is 9.41. The minimum atomic E-state index is -0.602. The zero-order valence-electron chi connectivity index (χ0n) is 15.4. The molecule has 0 saturated heterocycles. The molecule has 1 N–H and O–H groups in total. The molecule has 2 unspecified atom stereocenters. The summed E-state index contributed by atoms with van der Waals surface area (Å²) in [5, 5.41) is 21.5. The Bertz CT molecular complexity index is 1100. The number of aromatic nitrogens is 2. The van der Waals surface area contributed by atoms with Gasteiger partial charge in [0.15, 0.2) is 5.78 Å². The Labute approximate surface area is 162 Å². The van der Waals surface area contributed by atoms with Crippen LogP contribution in [0.3, 0.4) is 0 Å². The minimum absolute atomic E-state index is 0.0547. The topological polar surface area (TPSA) is 96.0 Å². The molecule has 137 valence electrons. The number of rotatable bonds is 2. The number of allylic oxidation sites excluding steroid dienone is 3. The third kappa shape index (κ3) is 2.10. The summed E-state index contributed by atoms with van der Waals surface area (Å²) in [7, 11) is 0. The van der Waals surface area contributed by atoms with Crippen molar-refractivity contribution in [3.8, 4) is 6.07 Å². The Morgan fingerprint density at radius 3 is 2.82 bits per heavy atom. The lowest BCUT2D eigenvalue weighted by Crippen LogP contribution is -2.48. The van der Waals surface area contributed by atoms with Crippen molar-refractivity contribution in [2.75, 3.05) is 0 Å². The number of carbonyl (C=O) groups is 1. The van der Waals surface area contributed by atoms with E-state index >= 15 is 0 Å². The van der Waals surface area contributed by atoms with Crippen LogP contribution in [0, 0.1) is 23.2 Å². The first-order chi connectivity index (χ1) is 13.7. The van der Waals surface area contributed by atoms with Gasteiger partial charge in [0.1, 0.15) is 6.07 Å². The zero-order chi connectivity index (χ0) is 19.3. The summed E-state index contributed by atoms with van der Waals surface area (Å²) >= 11 is 0. The van der Waals surface area contributed by atoms with Crippen LogP contribution in [0.4, 0.5) is 0 Å². The predicted octanol–water partition coefficient (Wildman–Crippen LogP) is 2.87. The van der Waals surface area contributed by atoms with Crippen LogP contribution in [0.1, 0.15) is 35.9 Å². The number of hydrogen-bond donors (Lipinski definition) is 1. The van der Waals surface area contributed by atoms with E-state index in [1.54, 1.807) is 12.4 Å². The van der Waals surface area contributed by atoms with Crippen LogP contribution in [-0.2, 0) is 16.6 Å². The average molecular weight is 368 g/mol. The van der Waals surface area contributed by atoms with Crippen LogP contribution in [-0.4, -0.2) is 22.2 Å². The lowest BCUT2D eigenvalue weighted by atomic mass is 9.54. The van der Waals surface area contributed by atoms with Gasteiger partial charge in [0, 0.05) is 17.1 Å². The molecule has 1 aromatic heterocycles. The summed E-state index contributed by atoms with van der Waals surface area (Å²) in [6.07, 6.45) is 6.97. The molecule has 3 aliphatic rings. The Hall–Kier alpha value is -3.46. The number of nitrogens with zero attached hydrogens (tertiary/aromatic N) is 4. The van der Waals surface area contributed by atoms with Crippen molar-refractivity contribution < 1.29 is 4.79 Å². The molecule has 0 saturated carbocycles. The quantitative estimate of drug-likeness (QED) is 0.883. The normalized spacial score (nSPS) is 27.9. The van der Waals surface area contributed by atoms with Crippen molar-refractivity contribution >= 4 is 17.6 Å². The van der Waals surface area contributed by atoms with Crippen molar-refractivity contribution in [1.29, 1.82) is 5.26 Å². The number of aromatic amines is 1. The van der Waals surface area contributed by atoms with E-state index in [2.05, 4.69) is 33.8 Å². The third-order valence-corrected chi connectivity index (χ3v) is 6.32. The number of ketones is 1. The highest BCUT2D eigenvalue weighted by atomic mass is 16.1. The third-order valence-electron chi connectivity index (χ3n) is 6.32. The van der Waals surface area contributed by atoms with Gasteiger partial charge in [-0.1, -0.05) is 37.3 Å². The summed E-state index contributed by atoms with van der Waals surface area (Å²) in [6.45, 7) is 1.94. The van der Waals surface area contributed by atoms with E-state index in [0.29, 0.717) is 0 Å². The van der Waals surface area contributed by atoms with Crippen LogP contribution in [0.15, 0.2) is 53.3 Å². The molecular formula is C22H18N5O. The minimum Gasteiger partial charge on any atom is -0.293 e. The van der Waals surface area contributed by atoms with Gasteiger partial charge in [0.2, 0.25) is 0 Å². The average Bonchev–Trinajstić information content (AvgIpc) is 3.40. The van der Waals surface area contributed by atoms with Gasteiger partial charge in [-0.25, -0.2) is 0 Å². The van der Waals surface area contributed by atoms with Gasteiger partial charge >= 0.3 is 0 Å². The Balaban J connectivity index is 1.81. The standard InChI is InChI=1S/C22H18N5O/c1-13-18-8-7-17-19(15-11-24-25-12-15)26-27-21(17)22(18,9-14(10-23)20(13)28)16-5-3-2-4-6-16/h2-6,9,11-13,18H,7-8H2,1H3,(H,26,27)/t13?,18-,22?/m0/s1. The maximum atomic E-state index is 12.8. The molecule has 0 bridgehead atoms. The maximum absolute atomic E-state index is 12.8. The molecule has 0 spiro atoms. The van der Waals surface area contributed by atoms with Gasteiger partial charge < -0.3 is 0 Å². The number of carbonyl (C=O) groups excluding carboxylic acids is 1. The molecule has 5 rings (SSSR count). The predicted molar refractivity (Wildman–Crippen MR) is 104 cm³/mol. The first-order valence-electron chi connectivity index (χ1n) is 9.41. The number of H-pyrrole nitrogens is 1. The number of Topliss-reactive ketones (excluding diaryl/α,β-unsaturated/α-hetero) is 1. The maximum Gasteiger partial charge on any atom is 0.176 e. The van der Waals surface area contributed by atoms with Gasteiger partial charge in [-0.3, -0.25) is 9.89 Å². The fourth-order valence-electron chi connectivity index (χ4n) is 5.03. The van der Waals surface area contributed by atoms with Gasteiger partial charge in [-0.05, 0) is 30.4 Å². The Morgan fingerprint density at radius 1 is 1.29 bits per heavy atom. The molecule has 2 aromatic rings. The van der Waals surface area contributed by atoms with E-state index in [4.69, 9.17) is 5.10 Å². The summed E-state index contributed by atoms with van der Waals surface area (Å²) < 4.78 is 0. The van der Waals surface area contributed by atoms with Crippen molar-refractivity contribution in [2.24, 2.45) is 16.9 Å². The van der Waals surface area contributed by atoms with Crippen molar-refractivity contribution in [2.45, 2.75) is 25.2 Å². The molecule has 2 heterocycles. The fraction of sp³-hybridized carbons (Fsp3) is 0.273. The molecule has 1 radical (unpaired) electrons. The first kappa shape index (κ1) is 16.7. The van der Waals surface area contributed by atoms with Crippen LogP contribution in [0.25, 0.3) is 5.57 Å². The second-order valence-corrected chi connectivity index (χ2v) is 7.57. The Morgan fingerprint density at radius 2 is 2.11 bits per heavy atom. The summed E-state index contributed by atoms with van der Waals surface area (Å²) in [4.78, 5) is 12.8. The molecule has 1 aromatic carbocycles. The molecule has 0 amide bonds. The summed E-state index contributed by atoms with van der Waals surface area (Å²) in [5.41, 5.74) is 8.46. The number of nitriles is 1. The lowest BCUT2D eigenvalue weighted by Gasteiger charge is -2.46. The summed E-state index contributed by atoms with van der Waals surface area (Å²) in [5.74, 6) is -0.253. The van der Waals surface area contributed by atoms with Crippen LogP contribution >= 0.6 is 0 Å². The van der Waals surface area contributed by atoms with Crippen LogP contribution in [0.5, 0.6) is 0 Å². The Kier molecular flexibility index (Phi) is 3.59. The van der Waals surface area contributed by atoms with E-state index in [9.17, 15) is 10.1 Å². The van der Waals surface area contributed by atoms with E-state index in [-0.39, 0.29) is 23.2 Å². The monoisotopic (exact) mass is 368 g/mol. The summed E-state index contributed by atoms with van der Waals surface area (Å²) in [6, 6.07) is 12.2. The molecule has 6 nitrogen and oxygen atoms in total. The molecule has 0 fully saturated rings. The van der Waals surface area contributed by atoms with Crippen molar-refractivity contribution in [1.82, 2.24) is 15.6 Å². The lowest BCUT2D eigenvalue weighted by molar-refractivity contribution is -0.121. The second-order valence-electron chi connectivity index (χ2n) is 7.57. The molecule has 3 atom stereocenters. The highest BCUT2D eigenvalue weighted by molar-refractivity contribution is 6.10. The van der Waals surface area contributed by atoms with E-state index in [1.165, 1.54) is 0 Å². The number of fused-ring (bicyclic) bond motifs is 3. The fourth-order valence-corrected chi connectivity index (χ4v) is 5.03. The molecular weight excluding hydrogens is 350 g/mol. The molecule has 2 aliphatic carbocycles. The van der Waals surface area contributed by atoms with Crippen LogP contribution in [0.2, 0.25) is 0 Å². The van der Waals surface area contributed by atoms with E-state index in [0.717, 1.165) is 40.9 Å². The van der Waals surface area contributed by atoms with E-state index < -0.39 is 5.41 Å². The number of hydrogen-bond acceptors (Lipinski definition) is 4. The molecule has 28 heavy (non-hydrogen) atoms. The van der Waals surface area contributed by atoms with Gasteiger partial charge in [-0.15, -0.1) is 0 Å². The van der Waals surface area contributed by atoms with Crippen molar-refractivity contribution in [3.05, 3.63) is 70.7 Å². The van der Waals surface area contributed by atoms with Crippen molar-refractivity contribution in [3.63, 3.8) is 0 Å². The second kappa shape index (κ2) is 6.03. The highest BCUT2D eigenvalue weighted by Gasteiger charge is 2.53. The van der Waals surface area contributed by atoms with Gasteiger partial charge in [-0.2, -0.15) is 20.9 Å². The van der Waals surface area contributed by atoms with Crippen LogP contribution < -0.4 is 5.43 Å². The number of nitrogens with one attached hydrogen (secondary N) is 1. The smallest absolute Gasteiger partial charge is 0.176 e. The van der Waals surface area contributed by atoms with E-state index in [1.807, 2.05) is 31.2 Å². The van der Waals surface area contributed by atoms with Gasteiger partial charge in [0.25, 0.3) is 0 Å². The largest absolute Gasteiger partial charge is 0.293 e. The number of benzene rings is 1. The zero-order valence-corrected chi connectivity index (χ0v) is 15.4. The highest BCUT2D eigenvalue weighted by Crippen LogP contribution is 2.53. The van der Waals surface area contributed by atoms with Gasteiger partial charge in [0.05, 0.1) is 34.8 Å². The molecule has 6 heteroatoms. The molecule has 1 aliphatic heterocycles. The SMILES string of the molecule is CC1C(=O)C(C#N)=CC2(c3ccccc3)c3n[nH]c(C4=C[N]N=C4)c3CC[C@@H]12.